The number of rotatable bonds is 4. The summed E-state index contributed by atoms with van der Waals surface area (Å²) in [6.45, 7) is 3.09. The highest BCUT2D eigenvalue weighted by molar-refractivity contribution is 5.83. The number of carbonyl (C=O) groups excluding carboxylic acids is 1. The van der Waals surface area contributed by atoms with Crippen molar-refractivity contribution in [1.29, 1.82) is 0 Å². The molecule has 0 saturated carbocycles. The molecule has 0 aromatic heterocycles. The fourth-order valence-corrected chi connectivity index (χ4v) is 2.85. The zero-order valence-corrected chi connectivity index (χ0v) is 12.8. The van der Waals surface area contributed by atoms with Crippen molar-refractivity contribution < 1.29 is 9.53 Å². The monoisotopic (exact) mass is 295 g/mol. The highest BCUT2D eigenvalue weighted by Crippen LogP contribution is 2.30. The van der Waals surface area contributed by atoms with Crippen LogP contribution in [0, 0.1) is 12.8 Å². The van der Waals surface area contributed by atoms with Crippen molar-refractivity contribution in [2.45, 2.75) is 19.4 Å². The minimum absolute atomic E-state index is 0.0594. The predicted molar refractivity (Wildman–Crippen MR) is 87.9 cm³/mol. The summed E-state index contributed by atoms with van der Waals surface area (Å²) in [4.78, 5) is 12.3. The molecule has 3 heteroatoms. The third-order valence-electron chi connectivity index (χ3n) is 4.14. The molecule has 1 aliphatic heterocycles. The summed E-state index contributed by atoms with van der Waals surface area (Å²) in [6.07, 6.45) is 0.503. The Bertz CT molecular complexity index is 622. The van der Waals surface area contributed by atoms with Gasteiger partial charge in [-0.2, -0.15) is 0 Å². The van der Waals surface area contributed by atoms with Gasteiger partial charge in [-0.15, -0.1) is 0 Å². The summed E-state index contributed by atoms with van der Waals surface area (Å²) in [7, 11) is 0. The van der Waals surface area contributed by atoms with Gasteiger partial charge in [0.2, 0.25) is 0 Å². The van der Waals surface area contributed by atoms with Gasteiger partial charge >= 0.3 is 0 Å². The standard InChI is InChI=1S/C19H21NO2/c1-14-7-9-15(10-8-14)19(17-13-22-12-11-18(17)21)20-16-5-3-2-4-6-16/h2-10,17,19-20H,11-13H2,1H3. The third kappa shape index (κ3) is 3.37. The Hall–Kier alpha value is -2.13. The molecule has 2 atom stereocenters. The molecule has 0 aliphatic carbocycles. The lowest BCUT2D eigenvalue weighted by Gasteiger charge is -2.31. The number of nitrogens with one attached hydrogen (secondary N) is 1. The van der Waals surface area contributed by atoms with Crippen LogP contribution >= 0.6 is 0 Å². The van der Waals surface area contributed by atoms with Crippen LogP contribution in [0.5, 0.6) is 0 Å². The van der Waals surface area contributed by atoms with E-state index in [9.17, 15) is 4.79 Å². The van der Waals surface area contributed by atoms with E-state index in [2.05, 4.69) is 36.5 Å². The maximum absolute atomic E-state index is 12.3. The molecule has 1 saturated heterocycles. The summed E-state index contributed by atoms with van der Waals surface area (Å²) in [5.74, 6) is 0.136. The maximum atomic E-state index is 12.3. The first-order chi connectivity index (χ1) is 10.7. The van der Waals surface area contributed by atoms with E-state index in [-0.39, 0.29) is 17.7 Å². The van der Waals surface area contributed by atoms with E-state index >= 15 is 0 Å². The van der Waals surface area contributed by atoms with Gasteiger partial charge in [-0.1, -0.05) is 48.0 Å². The van der Waals surface area contributed by atoms with Crippen LogP contribution in [0.4, 0.5) is 5.69 Å². The first-order valence-corrected chi connectivity index (χ1v) is 7.72. The number of ether oxygens (including phenoxy) is 1. The Morgan fingerprint density at radius 2 is 1.82 bits per heavy atom. The number of hydrogen-bond donors (Lipinski definition) is 1. The second-order valence-electron chi connectivity index (χ2n) is 5.80. The molecule has 1 aliphatic rings. The van der Waals surface area contributed by atoms with E-state index in [1.54, 1.807) is 0 Å². The molecule has 1 fully saturated rings. The SMILES string of the molecule is Cc1ccc(C(Nc2ccccc2)C2COCCC2=O)cc1. The number of ketones is 1. The molecule has 2 unspecified atom stereocenters. The molecule has 2 aromatic rings. The van der Waals surface area contributed by atoms with Gasteiger partial charge in [0.25, 0.3) is 0 Å². The first-order valence-electron chi connectivity index (χ1n) is 7.72. The Labute approximate surface area is 131 Å². The molecule has 0 spiro atoms. The summed E-state index contributed by atoms with van der Waals surface area (Å²) >= 11 is 0. The van der Waals surface area contributed by atoms with Gasteiger partial charge in [0.15, 0.2) is 0 Å². The van der Waals surface area contributed by atoms with Crippen LogP contribution in [-0.2, 0) is 9.53 Å². The minimum Gasteiger partial charge on any atom is -0.380 e. The fraction of sp³-hybridized carbons (Fsp3) is 0.316. The minimum atomic E-state index is -0.142. The van der Waals surface area contributed by atoms with E-state index in [1.165, 1.54) is 5.56 Å². The molecular weight excluding hydrogens is 274 g/mol. The van der Waals surface area contributed by atoms with Gasteiger partial charge in [-0.05, 0) is 24.6 Å². The highest BCUT2D eigenvalue weighted by Gasteiger charge is 2.32. The molecule has 3 rings (SSSR count). The second kappa shape index (κ2) is 6.75. The van der Waals surface area contributed by atoms with Crippen molar-refractivity contribution in [2.75, 3.05) is 18.5 Å². The maximum Gasteiger partial charge on any atom is 0.142 e. The average Bonchev–Trinajstić information content (AvgIpc) is 2.55. The molecule has 114 valence electrons. The van der Waals surface area contributed by atoms with Gasteiger partial charge in [-0.25, -0.2) is 0 Å². The molecule has 0 amide bonds. The lowest BCUT2D eigenvalue weighted by atomic mass is 9.87. The number of para-hydroxylation sites is 1. The van der Waals surface area contributed by atoms with E-state index < -0.39 is 0 Å². The van der Waals surface area contributed by atoms with Crippen LogP contribution in [0.1, 0.15) is 23.6 Å². The van der Waals surface area contributed by atoms with E-state index in [4.69, 9.17) is 4.74 Å². The first kappa shape index (κ1) is 14.8. The number of anilines is 1. The molecule has 3 nitrogen and oxygen atoms in total. The van der Waals surface area contributed by atoms with Gasteiger partial charge in [0, 0.05) is 12.1 Å². The average molecular weight is 295 g/mol. The van der Waals surface area contributed by atoms with Gasteiger partial charge in [0.05, 0.1) is 25.2 Å². The van der Waals surface area contributed by atoms with Crippen molar-refractivity contribution in [3.8, 4) is 0 Å². The van der Waals surface area contributed by atoms with Crippen LogP contribution < -0.4 is 5.32 Å². The van der Waals surface area contributed by atoms with Crippen LogP contribution in [0.25, 0.3) is 0 Å². The Morgan fingerprint density at radius 1 is 1.09 bits per heavy atom. The van der Waals surface area contributed by atoms with Crippen molar-refractivity contribution in [3.63, 3.8) is 0 Å². The number of hydrogen-bond acceptors (Lipinski definition) is 3. The topological polar surface area (TPSA) is 38.3 Å². The quantitative estimate of drug-likeness (QED) is 0.933. The number of benzene rings is 2. The third-order valence-corrected chi connectivity index (χ3v) is 4.14. The van der Waals surface area contributed by atoms with Gasteiger partial charge in [-0.3, -0.25) is 4.79 Å². The molecule has 0 bridgehead atoms. The summed E-state index contributed by atoms with van der Waals surface area (Å²) < 4.78 is 5.56. The van der Waals surface area contributed by atoms with Crippen LogP contribution in [0.2, 0.25) is 0 Å². The summed E-state index contributed by atoms with van der Waals surface area (Å²) in [5.41, 5.74) is 3.36. The lowest BCUT2D eigenvalue weighted by Crippen LogP contribution is -2.35. The van der Waals surface area contributed by atoms with Crippen molar-refractivity contribution in [3.05, 3.63) is 65.7 Å². The summed E-state index contributed by atoms with van der Waals surface area (Å²) in [5, 5.41) is 3.51. The van der Waals surface area contributed by atoms with Crippen LogP contribution in [-0.4, -0.2) is 19.0 Å². The largest absolute Gasteiger partial charge is 0.380 e. The second-order valence-corrected chi connectivity index (χ2v) is 5.80. The normalized spacial score (nSPS) is 19.7. The van der Waals surface area contributed by atoms with Crippen molar-refractivity contribution in [1.82, 2.24) is 0 Å². The van der Waals surface area contributed by atoms with Crippen molar-refractivity contribution >= 4 is 11.5 Å². The number of Topliss-reactive ketones (excluding diaryl/α,β-unsaturated/α-hetero) is 1. The van der Waals surface area contributed by atoms with Crippen molar-refractivity contribution in [2.24, 2.45) is 5.92 Å². The lowest BCUT2D eigenvalue weighted by molar-refractivity contribution is -0.131. The van der Waals surface area contributed by atoms with E-state index in [1.807, 2.05) is 30.3 Å². The van der Waals surface area contributed by atoms with Gasteiger partial charge in [0.1, 0.15) is 5.78 Å². The van der Waals surface area contributed by atoms with Crippen LogP contribution in [0.3, 0.4) is 0 Å². The van der Waals surface area contributed by atoms with Gasteiger partial charge < -0.3 is 10.1 Å². The molecule has 22 heavy (non-hydrogen) atoms. The molecule has 2 aromatic carbocycles. The Kier molecular flexibility index (Phi) is 4.54. The molecule has 0 radical (unpaired) electrons. The predicted octanol–water partition coefficient (Wildman–Crippen LogP) is 3.75. The smallest absolute Gasteiger partial charge is 0.142 e. The fourth-order valence-electron chi connectivity index (χ4n) is 2.85. The zero-order valence-electron chi connectivity index (χ0n) is 12.8. The highest BCUT2D eigenvalue weighted by atomic mass is 16.5. The summed E-state index contributed by atoms with van der Waals surface area (Å²) in [6, 6.07) is 18.3. The molecular formula is C19H21NO2. The van der Waals surface area contributed by atoms with E-state index in [0.29, 0.717) is 19.6 Å². The van der Waals surface area contributed by atoms with E-state index in [0.717, 1.165) is 11.3 Å². The molecule has 1 N–H and O–H groups in total. The number of aryl methyl sites for hydroxylation is 1. The Morgan fingerprint density at radius 3 is 2.50 bits per heavy atom. The number of carbonyl (C=O) groups is 1. The molecule has 1 heterocycles. The Balaban J connectivity index is 1.90. The van der Waals surface area contributed by atoms with Crippen LogP contribution in [0.15, 0.2) is 54.6 Å². The zero-order chi connectivity index (χ0) is 15.4.